The van der Waals surface area contributed by atoms with Crippen molar-refractivity contribution in [3.8, 4) is 0 Å². The molecule has 1 aromatic rings. The SMILES string of the molecule is CCNCCOCC(=O)Nc1cccc(Cl)c1. The van der Waals surface area contributed by atoms with E-state index in [0.29, 0.717) is 17.3 Å². The fourth-order valence-electron chi connectivity index (χ4n) is 1.25. The summed E-state index contributed by atoms with van der Waals surface area (Å²) >= 11 is 5.80. The van der Waals surface area contributed by atoms with E-state index in [2.05, 4.69) is 10.6 Å². The van der Waals surface area contributed by atoms with Gasteiger partial charge in [-0.05, 0) is 24.7 Å². The maximum absolute atomic E-state index is 11.5. The second-order valence-corrected chi connectivity index (χ2v) is 3.90. The van der Waals surface area contributed by atoms with Gasteiger partial charge in [0.15, 0.2) is 0 Å². The first kappa shape index (κ1) is 14.0. The van der Waals surface area contributed by atoms with Crippen LogP contribution in [0, 0.1) is 0 Å². The first-order chi connectivity index (χ1) is 8.22. The van der Waals surface area contributed by atoms with Crippen molar-refractivity contribution in [2.75, 3.05) is 31.6 Å². The van der Waals surface area contributed by atoms with E-state index in [1.165, 1.54) is 0 Å². The molecule has 0 unspecified atom stereocenters. The van der Waals surface area contributed by atoms with E-state index in [9.17, 15) is 4.79 Å². The Hall–Kier alpha value is -1.10. The Bertz CT molecular complexity index is 358. The summed E-state index contributed by atoms with van der Waals surface area (Å²) in [5.74, 6) is -0.177. The minimum absolute atomic E-state index is 0.0535. The number of likely N-dealkylation sites (N-methyl/N-ethyl adjacent to an activating group) is 1. The van der Waals surface area contributed by atoms with E-state index < -0.39 is 0 Å². The van der Waals surface area contributed by atoms with Crippen LogP contribution in [0.4, 0.5) is 5.69 Å². The van der Waals surface area contributed by atoms with Crippen molar-refractivity contribution in [1.82, 2.24) is 5.32 Å². The smallest absolute Gasteiger partial charge is 0.250 e. The van der Waals surface area contributed by atoms with Crippen LogP contribution < -0.4 is 10.6 Å². The summed E-state index contributed by atoms with van der Waals surface area (Å²) < 4.78 is 5.19. The Morgan fingerprint density at radius 2 is 2.29 bits per heavy atom. The molecule has 0 radical (unpaired) electrons. The fourth-order valence-corrected chi connectivity index (χ4v) is 1.44. The third kappa shape index (κ3) is 6.26. The van der Waals surface area contributed by atoms with Gasteiger partial charge in [0.25, 0.3) is 0 Å². The zero-order valence-corrected chi connectivity index (χ0v) is 10.6. The van der Waals surface area contributed by atoms with Gasteiger partial charge in [-0.1, -0.05) is 24.6 Å². The number of ether oxygens (including phenoxy) is 1. The first-order valence-electron chi connectivity index (χ1n) is 5.56. The Balaban J connectivity index is 2.21. The molecule has 0 fully saturated rings. The van der Waals surface area contributed by atoms with Crippen LogP contribution in [-0.4, -0.2) is 32.2 Å². The molecular weight excluding hydrogens is 240 g/mol. The molecule has 0 aliphatic carbocycles. The number of amides is 1. The standard InChI is InChI=1S/C12H17ClN2O2/c1-2-14-6-7-17-9-12(16)15-11-5-3-4-10(13)8-11/h3-5,8,14H,2,6-7,9H2,1H3,(H,15,16). The number of hydrogen-bond acceptors (Lipinski definition) is 3. The summed E-state index contributed by atoms with van der Waals surface area (Å²) in [6, 6.07) is 7.01. The maximum atomic E-state index is 11.5. The zero-order valence-electron chi connectivity index (χ0n) is 9.83. The summed E-state index contributed by atoms with van der Waals surface area (Å²) in [4.78, 5) is 11.5. The van der Waals surface area contributed by atoms with Crippen LogP contribution in [0.5, 0.6) is 0 Å². The quantitative estimate of drug-likeness (QED) is 0.733. The maximum Gasteiger partial charge on any atom is 0.250 e. The highest BCUT2D eigenvalue weighted by molar-refractivity contribution is 6.30. The van der Waals surface area contributed by atoms with Gasteiger partial charge in [0.1, 0.15) is 6.61 Å². The topological polar surface area (TPSA) is 50.4 Å². The predicted octanol–water partition coefficient (Wildman–Crippen LogP) is 1.90. The molecule has 4 nitrogen and oxygen atoms in total. The molecule has 5 heteroatoms. The van der Waals surface area contributed by atoms with E-state index in [4.69, 9.17) is 16.3 Å². The van der Waals surface area contributed by atoms with Crippen molar-refractivity contribution in [1.29, 1.82) is 0 Å². The van der Waals surface area contributed by atoms with Gasteiger partial charge in [0.2, 0.25) is 5.91 Å². The number of carbonyl (C=O) groups excluding carboxylic acids is 1. The Morgan fingerprint density at radius 3 is 3.00 bits per heavy atom. The predicted molar refractivity (Wildman–Crippen MR) is 69.4 cm³/mol. The van der Waals surface area contributed by atoms with Crippen molar-refractivity contribution in [2.45, 2.75) is 6.92 Å². The average molecular weight is 257 g/mol. The molecule has 17 heavy (non-hydrogen) atoms. The van der Waals surface area contributed by atoms with Gasteiger partial charge >= 0.3 is 0 Å². The molecule has 0 heterocycles. The van der Waals surface area contributed by atoms with Gasteiger partial charge in [0, 0.05) is 17.3 Å². The molecule has 1 amide bonds. The van der Waals surface area contributed by atoms with Crippen LogP contribution in [-0.2, 0) is 9.53 Å². The van der Waals surface area contributed by atoms with Crippen molar-refractivity contribution >= 4 is 23.2 Å². The number of benzene rings is 1. The lowest BCUT2D eigenvalue weighted by Crippen LogP contribution is -2.23. The summed E-state index contributed by atoms with van der Waals surface area (Å²) in [5.41, 5.74) is 0.679. The molecule has 0 spiro atoms. The lowest BCUT2D eigenvalue weighted by Gasteiger charge is -2.06. The molecule has 1 aromatic carbocycles. The van der Waals surface area contributed by atoms with Gasteiger partial charge in [-0.2, -0.15) is 0 Å². The molecule has 0 aliphatic heterocycles. The molecular formula is C12H17ClN2O2. The van der Waals surface area contributed by atoms with Crippen molar-refractivity contribution in [3.05, 3.63) is 29.3 Å². The van der Waals surface area contributed by atoms with Crippen LogP contribution in [0.25, 0.3) is 0 Å². The average Bonchev–Trinajstić information content (AvgIpc) is 2.29. The van der Waals surface area contributed by atoms with Crippen molar-refractivity contribution in [2.24, 2.45) is 0 Å². The summed E-state index contributed by atoms with van der Waals surface area (Å²) in [5, 5.41) is 6.40. The lowest BCUT2D eigenvalue weighted by atomic mass is 10.3. The van der Waals surface area contributed by atoms with E-state index in [1.54, 1.807) is 24.3 Å². The molecule has 94 valence electrons. The molecule has 1 rings (SSSR count). The van der Waals surface area contributed by atoms with Gasteiger partial charge in [0.05, 0.1) is 6.61 Å². The normalized spacial score (nSPS) is 10.2. The summed E-state index contributed by atoms with van der Waals surface area (Å²) in [6.07, 6.45) is 0. The highest BCUT2D eigenvalue weighted by atomic mass is 35.5. The fraction of sp³-hybridized carbons (Fsp3) is 0.417. The third-order valence-electron chi connectivity index (χ3n) is 2.01. The highest BCUT2D eigenvalue weighted by Crippen LogP contribution is 2.14. The summed E-state index contributed by atoms with van der Waals surface area (Å²) in [6.45, 7) is 4.25. The van der Waals surface area contributed by atoms with Crippen LogP contribution in [0.3, 0.4) is 0 Å². The molecule has 0 bridgehead atoms. The second kappa shape index (κ2) is 8.06. The largest absolute Gasteiger partial charge is 0.370 e. The number of anilines is 1. The van der Waals surface area contributed by atoms with E-state index in [1.807, 2.05) is 6.92 Å². The van der Waals surface area contributed by atoms with Gasteiger partial charge < -0.3 is 15.4 Å². The molecule has 0 atom stereocenters. The number of nitrogens with one attached hydrogen (secondary N) is 2. The van der Waals surface area contributed by atoms with Crippen LogP contribution >= 0.6 is 11.6 Å². The van der Waals surface area contributed by atoms with Gasteiger partial charge in [-0.15, -0.1) is 0 Å². The molecule has 0 aromatic heterocycles. The number of halogens is 1. The monoisotopic (exact) mass is 256 g/mol. The van der Waals surface area contributed by atoms with E-state index in [0.717, 1.165) is 13.1 Å². The van der Waals surface area contributed by atoms with Gasteiger partial charge in [-0.3, -0.25) is 4.79 Å². The minimum Gasteiger partial charge on any atom is -0.370 e. The van der Waals surface area contributed by atoms with Crippen LogP contribution in [0.15, 0.2) is 24.3 Å². The van der Waals surface area contributed by atoms with E-state index in [-0.39, 0.29) is 12.5 Å². The van der Waals surface area contributed by atoms with Crippen molar-refractivity contribution < 1.29 is 9.53 Å². The first-order valence-corrected chi connectivity index (χ1v) is 5.94. The second-order valence-electron chi connectivity index (χ2n) is 3.46. The number of hydrogen-bond donors (Lipinski definition) is 2. The lowest BCUT2D eigenvalue weighted by molar-refractivity contribution is -0.120. The third-order valence-corrected chi connectivity index (χ3v) is 2.25. The number of carbonyl (C=O) groups is 1. The highest BCUT2D eigenvalue weighted by Gasteiger charge is 2.02. The Kier molecular flexibility index (Phi) is 6.62. The molecule has 0 saturated carbocycles. The molecule has 0 aliphatic rings. The van der Waals surface area contributed by atoms with Crippen LogP contribution in [0.2, 0.25) is 5.02 Å². The van der Waals surface area contributed by atoms with Crippen LogP contribution in [0.1, 0.15) is 6.92 Å². The van der Waals surface area contributed by atoms with Gasteiger partial charge in [-0.25, -0.2) is 0 Å². The summed E-state index contributed by atoms with van der Waals surface area (Å²) in [7, 11) is 0. The number of rotatable bonds is 7. The molecule has 0 saturated heterocycles. The Labute approximate surface area is 106 Å². The Morgan fingerprint density at radius 1 is 1.47 bits per heavy atom. The van der Waals surface area contributed by atoms with Crippen molar-refractivity contribution in [3.63, 3.8) is 0 Å². The molecule has 2 N–H and O–H groups in total. The zero-order chi connectivity index (χ0) is 12.5. The minimum atomic E-state index is -0.177. The van der Waals surface area contributed by atoms with E-state index >= 15 is 0 Å².